The Bertz CT molecular complexity index is 881. The first-order chi connectivity index (χ1) is 13.1. The molecule has 0 N–H and O–H groups in total. The van der Waals surface area contributed by atoms with Gasteiger partial charge in [0.1, 0.15) is 5.75 Å². The van der Waals surface area contributed by atoms with Gasteiger partial charge in [0.25, 0.3) is 0 Å². The van der Waals surface area contributed by atoms with E-state index in [4.69, 9.17) is 21.1 Å². The molecular weight excluding hydrogens is 382 g/mol. The summed E-state index contributed by atoms with van der Waals surface area (Å²) in [6.07, 6.45) is 0.215. The van der Waals surface area contributed by atoms with Crippen LogP contribution in [0, 0.1) is 0 Å². The molecule has 0 atom stereocenters. The van der Waals surface area contributed by atoms with Crippen LogP contribution >= 0.6 is 23.4 Å². The summed E-state index contributed by atoms with van der Waals surface area (Å²) >= 11 is 7.68. The summed E-state index contributed by atoms with van der Waals surface area (Å²) < 4.78 is 13.0. The highest BCUT2D eigenvalue weighted by atomic mass is 35.5. The monoisotopic (exact) mass is 403 g/mol. The number of benzene rings is 2. The first kappa shape index (κ1) is 19.7. The van der Waals surface area contributed by atoms with Crippen molar-refractivity contribution in [1.29, 1.82) is 0 Å². The third-order valence-electron chi connectivity index (χ3n) is 3.81. The first-order valence-corrected chi connectivity index (χ1v) is 10.0. The predicted octanol–water partition coefficient (Wildman–Crippen LogP) is 5.11. The Kier molecular flexibility index (Phi) is 6.77. The van der Waals surface area contributed by atoms with Gasteiger partial charge in [-0.3, -0.25) is 4.57 Å². The smallest absolute Gasteiger partial charge is 0.196 e. The molecule has 0 spiro atoms. The number of hydrogen-bond acceptors (Lipinski definition) is 5. The minimum Gasteiger partial charge on any atom is -0.497 e. The quantitative estimate of drug-likeness (QED) is 0.386. The summed E-state index contributed by atoms with van der Waals surface area (Å²) in [4.78, 5) is 0. The van der Waals surface area contributed by atoms with Crippen molar-refractivity contribution < 1.29 is 9.47 Å². The largest absolute Gasteiger partial charge is 0.497 e. The molecule has 7 heteroatoms. The lowest BCUT2D eigenvalue weighted by Gasteiger charge is -2.12. The van der Waals surface area contributed by atoms with E-state index in [1.807, 2.05) is 66.9 Å². The second kappa shape index (κ2) is 9.26. The average Bonchev–Trinajstić information content (AvgIpc) is 3.09. The van der Waals surface area contributed by atoms with Crippen LogP contribution in [0.5, 0.6) is 5.75 Å². The van der Waals surface area contributed by atoms with E-state index >= 15 is 0 Å². The van der Waals surface area contributed by atoms with Gasteiger partial charge in [-0.15, -0.1) is 10.2 Å². The number of rotatable bonds is 8. The molecule has 0 radical (unpaired) electrons. The molecule has 27 heavy (non-hydrogen) atoms. The molecule has 142 valence electrons. The van der Waals surface area contributed by atoms with Gasteiger partial charge in [-0.1, -0.05) is 35.5 Å². The number of nitrogens with zero attached hydrogens (tertiary/aromatic N) is 3. The maximum absolute atomic E-state index is 6.06. The van der Waals surface area contributed by atoms with Crippen molar-refractivity contribution in [1.82, 2.24) is 14.8 Å². The highest BCUT2D eigenvalue weighted by Crippen LogP contribution is 2.30. The van der Waals surface area contributed by atoms with Crippen molar-refractivity contribution in [3.05, 3.63) is 53.6 Å². The van der Waals surface area contributed by atoms with Crippen molar-refractivity contribution in [2.75, 3.05) is 19.5 Å². The van der Waals surface area contributed by atoms with Gasteiger partial charge in [-0.25, -0.2) is 0 Å². The van der Waals surface area contributed by atoms with Crippen molar-refractivity contribution >= 4 is 23.4 Å². The van der Waals surface area contributed by atoms with Gasteiger partial charge in [0.2, 0.25) is 0 Å². The molecule has 0 saturated carbocycles. The second-order valence-electron chi connectivity index (χ2n) is 6.12. The van der Waals surface area contributed by atoms with Crippen LogP contribution in [-0.4, -0.2) is 40.3 Å². The minimum atomic E-state index is 0.215. The van der Waals surface area contributed by atoms with Crippen molar-refractivity contribution in [2.45, 2.75) is 25.1 Å². The molecule has 3 rings (SSSR count). The third-order valence-corrected chi connectivity index (χ3v) is 4.96. The lowest BCUT2D eigenvalue weighted by Crippen LogP contribution is -2.06. The van der Waals surface area contributed by atoms with Crippen LogP contribution in [-0.2, 0) is 4.74 Å². The first-order valence-electron chi connectivity index (χ1n) is 8.68. The van der Waals surface area contributed by atoms with E-state index in [0.29, 0.717) is 11.6 Å². The Labute approximate surface area is 168 Å². The Hall–Kier alpha value is -2.02. The number of halogens is 1. The lowest BCUT2D eigenvalue weighted by molar-refractivity contribution is 0.0920. The highest BCUT2D eigenvalue weighted by molar-refractivity contribution is 7.99. The summed E-state index contributed by atoms with van der Waals surface area (Å²) in [5.74, 6) is 2.32. The highest BCUT2D eigenvalue weighted by Gasteiger charge is 2.16. The molecule has 0 aliphatic heterocycles. The van der Waals surface area contributed by atoms with E-state index < -0.39 is 0 Å². The zero-order chi connectivity index (χ0) is 19.2. The van der Waals surface area contributed by atoms with Crippen LogP contribution in [0.1, 0.15) is 13.8 Å². The fourth-order valence-corrected chi connectivity index (χ4v) is 3.46. The number of ether oxygens (including phenoxy) is 2. The molecule has 0 bridgehead atoms. The van der Waals surface area contributed by atoms with E-state index in [1.165, 1.54) is 0 Å². The Morgan fingerprint density at radius 1 is 1.11 bits per heavy atom. The molecule has 3 aromatic rings. The normalized spacial score (nSPS) is 11.1. The number of thioether (sulfide) groups is 1. The second-order valence-corrected chi connectivity index (χ2v) is 7.62. The molecule has 0 fully saturated rings. The van der Waals surface area contributed by atoms with Crippen molar-refractivity contribution in [3.63, 3.8) is 0 Å². The van der Waals surface area contributed by atoms with E-state index in [-0.39, 0.29) is 6.10 Å². The van der Waals surface area contributed by atoms with E-state index in [9.17, 15) is 0 Å². The van der Waals surface area contributed by atoms with Crippen molar-refractivity contribution in [2.24, 2.45) is 0 Å². The summed E-state index contributed by atoms with van der Waals surface area (Å²) in [6.45, 7) is 4.72. The number of methoxy groups -OCH3 is 1. The maximum Gasteiger partial charge on any atom is 0.196 e. The van der Waals surface area contributed by atoms with Gasteiger partial charge < -0.3 is 9.47 Å². The van der Waals surface area contributed by atoms with Gasteiger partial charge in [0, 0.05) is 22.0 Å². The Balaban J connectivity index is 1.96. The van der Waals surface area contributed by atoms with Crippen LogP contribution in [0.15, 0.2) is 53.7 Å². The molecule has 2 aromatic carbocycles. The molecule has 0 amide bonds. The SMILES string of the molecule is COc1cccc(-c2nnc(SCCOC(C)C)n2-c2ccc(Cl)cc2)c1. The summed E-state index contributed by atoms with van der Waals surface area (Å²) in [5, 5.41) is 10.3. The summed E-state index contributed by atoms with van der Waals surface area (Å²) in [7, 11) is 1.65. The fraction of sp³-hybridized carbons (Fsp3) is 0.300. The minimum absolute atomic E-state index is 0.215. The fourth-order valence-electron chi connectivity index (χ4n) is 2.55. The molecule has 0 aliphatic rings. The average molecular weight is 404 g/mol. The standard InChI is InChI=1S/C20H22ClN3O2S/c1-14(2)26-11-12-27-20-23-22-19(15-5-4-6-18(13-15)25-3)24(20)17-9-7-16(21)8-10-17/h4-10,13-14H,11-12H2,1-3H3. The zero-order valence-electron chi connectivity index (χ0n) is 15.6. The number of aromatic nitrogens is 3. The topological polar surface area (TPSA) is 49.2 Å². The molecule has 1 heterocycles. The van der Waals surface area contributed by atoms with E-state index in [1.54, 1.807) is 18.9 Å². The zero-order valence-corrected chi connectivity index (χ0v) is 17.1. The molecule has 0 unspecified atom stereocenters. The third kappa shape index (κ3) is 5.03. The molecule has 0 aliphatic carbocycles. The van der Waals surface area contributed by atoms with Crippen LogP contribution < -0.4 is 4.74 Å². The van der Waals surface area contributed by atoms with Crippen LogP contribution in [0.3, 0.4) is 0 Å². The van der Waals surface area contributed by atoms with Gasteiger partial charge in [-0.2, -0.15) is 0 Å². The maximum atomic E-state index is 6.06. The lowest BCUT2D eigenvalue weighted by atomic mass is 10.2. The number of hydrogen-bond donors (Lipinski definition) is 0. The molecule has 5 nitrogen and oxygen atoms in total. The Morgan fingerprint density at radius 2 is 1.89 bits per heavy atom. The van der Waals surface area contributed by atoms with Gasteiger partial charge >= 0.3 is 0 Å². The van der Waals surface area contributed by atoms with Gasteiger partial charge in [-0.05, 0) is 50.2 Å². The predicted molar refractivity (Wildman–Crippen MR) is 110 cm³/mol. The summed E-state index contributed by atoms with van der Waals surface area (Å²) in [5.41, 5.74) is 1.89. The molecule has 1 aromatic heterocycles. The van der Waals surface area contributed by atoms with E-state index in [0.717, 1.165) is 33.7 Å². The van der Waals surface area contributed by atoms with Gasteiger partial charge in [0.15, 0.2) is 11.0 Å². The van der Waals surface area contributed by atoms with Crippen LogP contribution in [0.4, 0.5) is 0 Å². The molecular formula is C20H22ClN3O2S. The summed E-state index contributed by atoms with van der Waals surface area (Å²) in [6, 6.07) is 15.4. The van der Waals surface area contributed by atoms with Crippen LogP contribution in [0.25, 0.3) is 17.1 Å². The van der Waals surface area contributed by atoms with Crippen molar-refractivity contribution in [3.8, 4) is 22.8 Å². The molecule has 0 saturated heterocycles. The van der Waals surface area contributed by atoms with Gasteiger partial charge in [0.05, 0.1) is 19.8 Å². The van der Waals surface area contributed by atoms with E-state index in [2.05, 4.69) is 10.2 Å². The Morgan fingerprint density at radius 3 is 2.59 bits per heavy atom. The van der Waals surface area contributed by atoms with Crippen LogP contribution in [0.2, 0.25) is 5.02 Å².